The number of nitrogens with one attached hydrogen (secondary N) is 2. The quantitative estimate of drug-likeness (QED) is 0.823. The minimum atomic E-state index is 0.455. The van der Waals surface area contributed by atoms with Gasteiger partial charge in [-0.1, -0.05) is 11.3 Å². The number of H-pyrrole nitrogens is 1. The summed E-state index contributed by atoms with van der Waals surface area (Å²) in [5.74, 6) is 0. The molecule has 0 spiro atoms. The van der Waals surface area contributed by atoms with Gasteiger partial charge in [-0.15, -0.1) is 10.2 Å². The molecule has 6 heteroatoms. The third-order valence-electron chi connectivity index (χ3n) is 1.51. The third kappa shape index (κ3) is 2.19. The summed E-state index contributed by atoms with van der Waals surface area (Å²) in [7, 11) is 0. The molecule has 0 saturated carbocycles. The van der Waals surface area contributed by atoms with Crippen LogP contribution in [0.5, 0.6) is 0 Å². The molecule has 0 atom stereocenters. The predicted octanol–water partition coefficient (Wildman–Crippen LogP) is 2.13. The predicted molar refractivity (Wildman–Crippen MR) is 53.0 cm³/mol. The molecule has 0 fully saturated rings. The standard InChI is InChI=1S/C7H7ClN4S/c8-6-11-12-7(13-6)10-4-5-1-2-9-3-5/h1-3,9H,4H2,(H,10,12). The van der Waals surface area contributed by atoms with Crippen molar-refractivity contribution in [3.63, 3.8) is 0 Å². The molecule has 2 aromatic rings. The summed E-state index contributed by atoms with van der Waals surface area (Å²) < 4.78 is 0.455. The summed E-state index contributed by atoms with van der Waals surface area (Å²) in [6, 6.07) is 2.00. The lowest BCUT2D eigenvalue weighted by atomic mass is 10.3. The van der Waals surface area contributed by atoms with E-state index >= 15 is 0 Å². The lowest BCUT2D eigenvalue weighted by molar-refractivity contribution is 1.05. The molecule has 0 aromatic carbocycles. The molecular formula is C7H7ClN4S. The molecule has 0 bridgehead atoms. The maximum atomic E-state index is 5.62. The van der Waals surface area contributed by atoms with Crippen LogP contribution in [0.3, 0.4) is 0 Å². The van der Waals surface area contributed by atoms with E-state index < -0.39 is 0 Å². The first-order valence-electron chi connectivity index (χ1n) is 3.69. The Morgan fingerprint density at radius 2 is 2.46 bits per heavy atom. The fourth-order valence-electron chi connectivity index (χ4n) is 0.923. The van der Waals surface area contributed by atoms with E-state index in [9.17, 15) is 0 Å². The summed E-state index contributed by atoms with van der Waals surface area (Å²) in [6.45, 7) is 0.731. The van der Waals surface area contributed by atoms with Crippen LogP contribution in [0.2, 0.25) is 4.47 Å². The topological polar surface area (TPSA) is 53.6 Å². The zero-order chi connectivity index (χ0) is 9.10. The van der Waals surface area contributed by atoms with Gasteiger partial charge < -0.3 is 10.3 Å². The summed E-state index contributed by atoms with van der Waals surface area (Å²) in [6.07, 6.45) is 3.81. The van der Waals surface area contributed by atoms with Crippen LogP contribution in [0.25, 0.3) is 0 Å². The second-order valence-electron chi connectivity index (χ2n) is 2.43. The van der Waals surface area contributed by atoms with Crippen molar-refractivity contribution in [3.8, 4) is 0 Å². The summed E-state index contributed by atoms with van der Waals surface area (Å²) in [4.78, 5) is 2.97. The lowest BCUT2D eigenvalue weighted by Gasteiger charge is -1.97. The average molecular weight is 215 g/mol. The van der Waals surface area contributed by atoms with Crippen molar-refractivity contribution in [2.75, 3.05) is 5.32 Å². The maximum absolute atomic E-state index is 5.62. The first kappa shape index (κ1) is 8.52. The minimum absolute atomic E-state index is 0.455. The van der Waals surface area contributed by atoms with E-state index in [4.69, 9.17) is 11.6 Å². The normalized spacial score (nSPS) is 10.2. The second-order valence-corrected chi connectivity index (χ2v) is 3.99. The van der Waals surface area contributed by atoms with E-state index in [1.165, 1.54) is 16.9 Å². The van der Waals surface area contributed by atoms with Crippen molar-refractivity contribution in [1.82, 2.24) is 15.2 Å². The number of aromatic amines is 1. The summed E-state index contributed by atoms with van der Waals surface area (Å²) in [5.41, 5.74) is 1.17. The molecule has 2 N–H and O–H groups in total. The van der Waals surface area contributed by atoms with Crippen molar-refractivity contribution in [3.05, 3.63) is 28.5 Å². The number of hydrogen-bond donors (Lipinski definition) is 2. The molecule has 68 valence electrons. The van der Waals surface area contributed by atoms with Crippen LogP contribution in [0, 0.1) is 0 Å². The molecular weight excluding hydrogens is 208 g/mol. The van der Waals surface area contributed by atoms with Crippen LogP contribution in [-0.2, 0) is 6.54 Å². The Morgan fingerprint density at radius 3 is 3.08 bits per heavy atom. The molecule has 0 amide bonds. The molecule has 0 aliphatic carbocycles. The number of nitrogens with zero attached hydrogens (tertiary/aromatic N) is 2. The fourth-order valence-corrected chi connectivity index (χ4v) is 1.65. The van der Waals surface area contributed by atoms with Crippen LogP contribution in [0.4, 0.5) is 5.13 Å². The molecule has 0 saturated heterocycles. The van der Waals surface area contributed by atoms with Gasteiger partial charge >= 0.3 is 0 Å². The molecule has 2 rings (SSSR count). The maximum Gasteiger partial charge on any atom is 0.208 e. The highest BCUT2D eigenvalue weighted by Crippen LogP contribution is 2.19. The number of halogens is 1. The van der Waals surface area contributed by atoms with Gasteiger partial charge in [-0.3, -0.25) is 0 Å². The first-order chi connectivity index (χ1) is 6.34. The van der Waals surface area contributed by atoms with Crippen molar-refractivity contribution >= 4 is 28.1 Å². The van der Waals surface area contributed by atoms with E-state index in [0.717, 1.165) is 11.7 Å². The van der Waals surface area contributed by atoms with Crippen molar-refractivity contribution in [1.29, 1.82) is 0 Å². The lowest BCUT2D eigenvalue weighted by Crippen LogP contribution is -1.97. The van der Waals surface area contributed by atoms with Gasteiger partial charge in [0.1, 0.15) is 0 Å². The van der Waals surface area contributed by atoms with E-state index in [2.05, 4.69) is 20.5 Å². The Bertz CT molecular complexity index is 370. The van der Waals surface area contributed by atoms with Gasteiger partial charge in [-0.25, -0.2) is 0 Å². The molecule has 2 heterocycles. The van der Waals surface area contributed by atoms with Gasteiger partial charge in [0.2, 0.25) is 9.60 Å². The second kappa shape index (κ2) is 3.76. The highest BCUT2D eigenvalue weighted by atomic mass is 35.5. The van der Waals surface area contributed by atoms with Crippen LogP contribution >= 0.6 is 22.9 Å². The Morgan fingerprint density at radius 1 is 1.54 bits per heavy atom. The van der Waals surface area contributed by atoms with E-state index in [1.54, 1.807) is 0 Å². The Balaban J connectivity index is 1.93. The van der Waals surface area contributed by atoms with Gasteiger partial charge in [0.25, 0.3) is 0 Å². The monoisotopic (exact) mass is 214 g/mol. The molecule has 0 unspecified atom stereocenters. The highest BCUT2D eigenvalue weighted by Gasteiger charge is 2.00. The van der Waals surface area contributed by atoms with Crippen molar-refractivity contribution in [2.45, 2.75) is 6.54 Å². The molecule has 0 aliphatic heterocycles. The number of anilines is 1. The van der Waals surface area contributed by atoms with E-state index in [-0.39, 0.29) is 0 Å². The van der Waals surface area contributed by atoms with Gasteiger partial charge in [-0.05, 0) is 23.2 Å². The van der Waals surface area contributed by atoms with Crippen LogP contribution in [0.15, 0.2) is 18.5 Å². The molecule has 0 radical (unpaired) electrons. The Hall–Kier alpha value is -1.07. The van der Waals surface area contributed by atoms with Gasteiger partial charge in [0.15, 0.2) is 0 Å². The molecule has 2 aromatic heterocycles. The first-order valence-corrected chi connectivity index (χ1v) is 4.88. The van der Waals surface area contributed by atoms with Crippen molar-refractivity contribution < 1.29 is 0 Å². The van der Waals surface area contributed by atoms with E-state index in [0.29, 0.717) is 4.47 Å². The van der Waals surface area contributed by atoms with Crippen LogP contribution < -0.4 is 5.32 Å². The third-order valence-corrected chi connectivity index (χ3v) is 2.48. The smallest absolute Gasteiger partial charge is 0.208 e. The van der Waals surface area contributed by atoms with Crippen LogP contribution in [0.1, 0.15) is 5.56 Å². The highest BCUT2D eigenvalue weighted by molar-refractivity contribution is 7.18. The SMILES string of the molecule is Clc1nnc(NCc2cc[nH]c2)s1. The van der Waals surface area contributed by atoms with Crippen molar-refractivity contribution in [2.24, 2.45) is 0 Å². The zero-order valence-electron chi connectivity index (χ0n) is 6.62. The zero-order valence-corrected chi connectivity index (χ0v) is 8.19. The average Bonchev–Trinajstić information content (AvgIpc) is 2.71. The van der Waals surface area contributed by atoms with Gasteiger partial charge in [-0.2, -0.15) is 0 Å². The number of rotatable bonds is 3. The van der Waals surface area contributed by atoms with Gasteiger partial charge in [0.05, 0.1) is 0 Å². The number of hydrogen-bond acceptors (Lipinski definition) is 4. The molecule has 13 heavy (non-hydrogen) atoms. The Kier molecular flexibility index (Phi) is 2.47. The van der Waals surface area contributed by atoms with Gasteiger partial charge in [0, 0.05) is 18.9 Å². The summed E-state index contributed by atoms with van der Waals surface area (Å²) >= 11 is 6.95. The van der Waals surface area contributed by atoms with E-state index in [1.807, 2.05) is 18.5 Å². The number of aromatic nitrogens is 3. The Labute approximate surface area is 84.0 Å². The fraction of sp³-hybridized carbons (Fsp3) is 0.143. The minimum Gasteiger partial charge on any atom is -0.367 e. The molecule has 4 nitrogen and oxygen atoms in total. The summed E-state index contributed by atoms with van der Waals surface area (Å²) in [5, 5.41) is 11.4. The largest absolute Gasteiger partial charge is 0.367 e. The molecule has 0 aliphatic rings. The van der Waals surface area contributed by atoms with Crippen LogP contribution in [-0.4, -0.2) is 15.2 Å².